The van der Waals surface area contributed by atoms with Crippen LogP contribution in [0.3, 0.4) is 0 Å². The van der Waals surface area contributed by atoms with Gasteiger partial charge >= 0.3 is 5.97 Å². The number of carbonyl (C=O) groups is 1. The molecule has 0 aromatic heterocycles. The van der Waals surface area contributed by atoms with Gasteiger partial charge in [-0.15, -0.1) is 0 Å². The van der Waals surface area contributed by atoms with Crippen molar-refractivity contribution < 1.29 is 9.90 Å². The van der Waals surface area contributed by atoms with Gasteiger partial charge in [0.2, 0.25) is 0 Å². The van der Waals surface area contributed by atoms with Crippen molar-refractivity contribution in [3.05, 3.63) is 29.8 Å². The molecule has 0 spiro atoms. The van der Waals surface area contributed by atoms with Crippen molar-refractivity contribution in [2.24, 2.45) is 0 Å². The van der Waals surface area contributed by atoms with Crippen LogP contribution in [0.1, 0.15) is 43.0 Å². The van der Waals surface area contributed by atoms with Crippen molar-refractivity contribution in [2.45, 2.75) is 38.1 Å². The molecule has 2 rings (SSSR count). The molecule has 1 saturated carbocycles. The molecule has 1 aliphatic carbocycles. The third-order valence-electron chi connectivity index (χ3n) is 3.53. The molecule has 1 aromatic rings. The Bertz CT molecular complexity index is 374. The first-order chi connectivity index (χ1) is 7.65. The van der Waals surface area contributed by atoms with Crippen LogP contribution in [0.2, 0.25) is 0 Å². The maximum absolute atomic E-state index is 10.7. The van der Waals surface area contributed by atoms with Gasteiger partial charge in [0.1, 0.15) is 0 Å². The number of hydrogen-bond donors (Lipinski definition) is 2. The first kappa shape index (κ1) is 11.0. The molecule has 86 valence electrons. The Morgan fingerprint density at radius 3 is 2.38 bits per heavy atom. The largest absolute Gasteiger partial charge is 0.478 e. The maximum Gasteiger partial charge on any atom is 0.335 e. The van der Waals surface area contributed by atoms with Crippen LogP contribution in [-0.4, -0.2) is 16.6 Å². The normalized spacial score (nSPS) is 17.6. The van der Waals surface area contributed by atoms with Gasteiger partial charge in [0, 0.05) is 11.2 Å². The fraction of sp³-hybridized carbons (Fsp3) is 0.462. The Labute approximate surface area is 95.5 Å². The van der Waals surface area contributed by atoms with E-state index in [-0.39, 0.29) is 5.54 Å². The van der Waals surface area contributed by atoms with Crippen LogP contribution in [0.5, 0.6) is 0 Å². The molecule has 0 unspecified atom stereocenters. The van der Waals surface area contributed by atoms with Crippen LogP contribution < -0.4 is 5.32 Å². The van der Waals surface area contributed by atoms with Gasteiger partial charge in [0.05, 0.1) is 5.56 Å². The van der Waals surface area contributed by atoms with Gasteiger partial charge in [-0.2, -0.15) is 0 Å². The van der Waals surface area contributed by atoms with Crippen LogP contribution in [0.25, 0.3) is 0 Å². The van der Waals surface area contributed by atoms with Crippen molar-refractivity contribution in [3.8, 4) is 0 Å². The lowest BCUT2D eigenvalue weighted by molar-refractivity contribution is 0.0697. The molecule has 1 fully saturated rings. The van der Waals surface area contributed by atoms with E-state index < -0.39 is 5.97 Å². The summed E-state index contributed by atoms with van der Waals surface area (Å²) < 4.78 is 0. The van der Waals surface area contributed by atoms with Crippen molar-refractivity contribution in [1.82, 2.24) is 0 Å². The Hall–Kier alpha value is -1.51. The number of benzene rings is 1. The smallest absolute Gasteiger partial charge is 0.335 e. The molecule has 0 heterocycles. The molecule has 1 aromatic carbocycles. The molecular formula is C13H17NO2. The van der Waals surface area contributed by atoms with Gasteiger partial charge in [0.25, 0.3) is 0 Å². The lowest BCUT2D eigenvalue weighted by Crippen LogP contribution is -2.44. The van der Waals surface area contributed by atoms with Crippen LogP contribution in [0.15, 0.2) is 24.3 Å². The monoisotopic (exact) mass is 219 g/mol. The summed E-state index contributed by atoms with van der Waals surface area (Å²) in [5.41, 5.74) is 1.61. The summed E-state index contributed by atoms with van der Waals surface area (Å²) in [6.07, 6.45) is 4.83. The standard InChI is InChI=1S/C13H17NO2/c1-2-13(8-3-9-13)14-11-6-4-10(5-7-11)12(15)16/h4-7,14H,2-3,8-9H2,1H3,(H,15,16). The van der Waals surface area contributed by atoms with E-state index in [4.69, 9.17) is 5.11 Å². The molecule has 3 heteroatoms. The highest BCUT2D eigenvalue weighted by molar-refractivity contribution is 5.88. The second kappa shape index (κ2) is 4.16. The third kappa shape index (κ3) is 2.03. The number of carboxylic acids is 1. The Morgan fingerprint density at radius 1 is 1.38 bits per heavy atom. The second-order valence-corrected chi connectivity index (χ2v) is 4.49. The molecule has 0 radical (unpaired) electrons. The molecule has 3 nitrogen and oxygen atoms in total. The van der Waals surface area contributed by atoms with Crippen LogP contribution in [0, 0.1) is 0 Å². The maximum atomic E-state index is 10.7. The van der Waals surface area contributed by atoms with E-state index in [2.05, 4.69) is 12.2 Å². The van der Waals surface area contributed by atoms with Crippen molar-refractivity contribution >= 4 is 11.7 Å². The second-order valence-electron chi connectivity index (χ2n) is 4.49. The van der Waals surface area contributed by atoms with Crippen molar-refractivity contribution in [1.29, 1.82) is 0 Å². The predicted octanol–water partition coefficient (Wildman–Crippen LogP) is 3.13. The number of anilines is 1. The summed E-state index contributed by atoms with van der Waals surface area (Å²) in [5, 5.41) is 12.3. The summed E-state index contributed by atoms with van der Waals surface area (Å²) in [4.78, 5) is 10.7. The molecule has 1 aliphatic rings. The molecule has 2 N–H and O–H groups in total. The van der Waals surface area contributed by atoms with Crippen LogP contribution in [0.4, 0.5) is 5.69 Å². The van der Waals surface area contributed by atoms with E-state index in [1.54, 1.807) is 12.1 Å². The van der Waals surface area contributed by atoms with Gasteiger partial charge < -0.3 is 10.4 Å². The summed E-state index contributed by atoms with van der Waals surface area (Å²) in [5.74, 6) is -0.875. The topological polar surface area (TPSA) is 49.3 Å². The minimum absolute atomic E-state index is 0.255. The van der Waals surface area contributed by atoms with Crippen molar-refractivity contribution in [2.75, 3.05) is 5.32 Å². The summed E-state index contributed by atoms with van der Waals surface area (Å²) in [6.45, 7) is 2.19. The van der Waals surface area contributed by atoms with E-state index in [0.29, 0.717) is 5.56 Å². The first-order valence-electron chi connectivity index (χ1n) is 5.77. The summed E-state index contributed by atoms with van der Waals surface area (Å²) >= 11 is 0. The van der Waals surface area contributed by atoms with E-state index in [1.165, 1.54) is 19.3 Å². The average Bonchev–Trinajstić information content (AvgIpc) is 2.24. The van der Waals surface area contributed by atoms with Gasteiger partial charge in [-0.3, -0.25) is 0 Å². The number of hydrogen-bond acceptors (Lipinski definition) is 2. The fourth-order valence-corrected chi connectivity index (χ4v) is 2.17. The average molecular weight is 219 g/mol. The quantitative estimate of drug-likeness (QED) is 0.818. The Balaban J connectivity index is 2.07. The molecule has 0 amide bonds. The Morgan fingerprint density at radius 2 is 2.00 bits per heavy atom. The van der Waals surface area contributed by atoms with Gasteiger partial charge in [0.15, 0.2) is 0 Å². The molecule has 16 heavy (non-hydrogen) atoms. The Kier molecular flexibility index (Phi) is 2.86. The highest BCUT2D eigenvalue weighted by Crippen LogP contribution is 2.37. The zero-order valence-electron chi connectivity index (χ0n) is 9.49. The molecular weight excluding hydrogens is 202 g/mol. The highest BCUT2D eigenvalue weighted by Gasteiger charge is 2.34. The SMILES string of the molecule is CCC1(Nc2ccc(C(=O)O)cc2)CCC1. The lowest BCUT2D eigenvalue weighted by Gasteiger charge is -2.43. The van der Waals surface area contributed by atoms with Crippen molar-refractivity contribution in [3.63, 3.8) is 0 Å². The summed E-state index contributed by atoms with van der Waals surface area (Å²) in [6, 6.07) is 6.98. The summed E-state index contributed by atoms with van der Waals surface area (Å²) in [7, 11) is 0. The minimum atomic E-state index is -0.875. The zero-order valence-corrected chi connectivity index (χ0v) is 9.49. The first-order valence-corrected chi connectivity index (χ1v) is 5.77. The molecule has 0 aliphatic heterocycles. The highest BCUT2D eigenvalue weighted by atomic mass is 16.4. The van der Waals surface area contributed by atoms with E-state index >= 15 is 0 Å². The lowest BCUT2D eigenvalue weighted by atomic mass is 9.74. The molecule has 0 bridgehead atoms. The molecule has 0 saturated heterocycles. The molecule has 0 atom stereocenters. The van der Waals surface area contributed by atoms with Gasteiger partial charge in [-0.05, 0) is 49.9 Å². The third-order valence-corrected chi connectivity index (χ3v) is 3.53. The van der Waals surface area contributed by atoms with E-state index in [1.807, 2.05) is 12.1 Å². The van der Waals surface area contributed by atoms with Crippen LogP contribution >= 0.6 is 0 Å². The number of carboxylic acid groups (broad SMARTS) is 1. The minimum Gasteiger partial charge on any atom is -0.478 e. The number of rotatable bonds is 4. The van der Waals surface area contributed by atoms with Crippen LogP contribution in [-0.2, 0) is 0 Å². The number of nitrogens with one attached hydrogen (secondary N) is 1. The fourth-order valence-electron chi connectivity index (χ4n) is 2.17. The van der Waals surface area contributed by atoms with E-state index in [0.717, 1.165) is 12.1 Å². The van der Waals surface area contributed by atoms with E-state index in [9.17, 15) is 4.79 Å². The van der Waals surface area contributed by atoms with Gasteiger partial charge in [-0.25, -0.2) is 4.79 Å². The van der Waals surface area contributed by atoms with Gasteiger partial charge in [-0.1, -0.05) is 6.92 Å². The number of aromatic carboxylic acids is 1. The predicted molar refractivity (Wildman–Crippen MR) is 63.9 cm³/mol. The zero-order chi connectivity index (χ0) is 11.6.